The Labute approximate surface area is 103 Å². The van der Waals surface area contributed by atoms with Crippen LogP contribution >= 0.6 is 22.6 Å². The van der Waals surface area contributed by atoms with E-state index >= 15 is 0 Å². The minimum absolute atomic E-state index is 0.0360. The van der Waals surface area contributed by atoms with E-state index in [1.807, 2.05) is 0 Å². The van der Waals surface area contributed by atoms with Crippen LogP contribution in [0.25, 0.3) is 0 Å². The molecule has 3 nitrogen and oxygen atoms in total. The fourth-order valence-electron chi connectivity index (χ4n) is 1.02. The zero-order valence-electron chi connectivity index (χ0n) is 8.14. The molecule has 1 rings (SSSR count). The number of rotatable bonds is 3. The Kier molecular flexibility index (Phi) is 4.51. The lowest BCUT2D eigenvalue weighted by molar-refractivity contribution is 0.0519. The monoisotopic (exact) mass is 345 g/mol. The summed E-state index contributed by atoms with van der Waals surface area (Å²) in [6, 6.07) is 0. The first-order chi connectivity index (χ1) is 7.49. The maximum Gasteiger partial charge on any atom is 0.342 e. The highest BCUT2D eigenvalue weighted by molar-refractivity contribution is 14.1. The summed E-state index contributed by atoms with van der Waals surface area (Å²) in [6.45, 7) is 1.57. The van der Waals surface area contributed by atoms with E-state index in [1.54, 1.807) is 0 Å². The van der Waals surface area contributed by atoms with Crippen LogP contribution < -0.4 is 0 Å². The number of hydrogen-bond acceptors (Lipinski definition) is 3. The zero-order valence-corrected chi connectivity index (χ0v) is 10.3. The van der Waals surface area contributed by atoms with Gasteiger partial charge in [0.25, 0.3) is 6.43 Å². The molecule has 0 atom stereocenters. The van der Waals surface area contributed by atoms with Crippen LogP contribution in [0.4, 0.5) is 13.2 Å². The standard InChI is InChI=1S/C9H7F3INO2/c1-2-16-9(15)4-3-14-8(13)5(6(4)10)7(11)12/h3,7H,2H2,1H3. The van der Waals surface area contributed by atoms with Crippen molar-refractivity contribution >= 4 is 28.6 Å². The van der Waals surface area contributed by atoms with Crippen LogP contribution in [0.2, 0.25) is 0 Å². The van der Waals surface area contributed by atoms with E-state index in [1.165, 1.54) is 29.5 Å². The van der Waals surface area contributed by atoms with E-state index in [2.05, 4.69) is 9.72 Å². The first kappa shape index (κ1) is 13.2. The van der Waals surface area contributed by atoms with Crippen molar-refractivity contribution in [2.45, 2.75) is 13.3 Å². The number of ether oxygens (including phenoxy) is 1. The van der Waals surface area contributed by atoms with E-state index in [9.17, 15) is 18.0 Å². The quantitative estimate of drug-likeness (QED) is 0.480. The first-order valence-electron chi connectivity index (χ1n) is 4.28. The summed E-state index contributed by atoms with van der Waals surface area (Å²) in [6.07, 6.45) is -2.13. The molecule has 0 aliphatic carbocycles. The van der Waals surface area contributed by atoms with Gasteiger partial charge in [0.2, 0.25) is 0 Å². The number of alkyl halides is 2. The molecule has 16 heavy (non-hydrogen) atoms. The van der Waals surface area contributed by atoms with E-state index in [0.717, 1.165) is 6.20 Å². The molecule has 0 saturated carbocycles. The van der Waals surface area contributed by atoms with Crippen molar-refractivity contribution in [3.8, 4) is 0 Å². The van der Waals surface area contributed by atoms with Crippen molar-refractivity contribution in [2.24, 2.45) is 0 Å². The third-order valence-electron chi connectivity index (χ3n) is 1.72. The molecule has 0 aliphatic rings. The largest absolute Gasteiger partial charge is 0.462 e. The van der Waals surface area contributed by atoms with Crippen molar-refractivity contribution in [1.82, 2.24) is 4.98 Å². The summed E-state index contributed by atoms with van der Waals surface area (Å²) in [5, 5.41) is 0. The maximum atomic E-state index is 13.5. The summed E-state index contributed by atoms with van der Waals surface area (Å²) in [4.78, 5) is 14.7. The Morgan fingerprint density at radius 3 is 2.75 bits per heavy atom. The fourth-order valence-corrected chi connectivity index (χ4v) is 1.63. The molecule has 0 aromatic carbocycles. The predicted molar refractivity (Wildman–Crippen MR) is 57.8 cm³/mol. The van der Waals surface area contributed by atoms with Gasteiger partial charge in [0.1, 0.15) is 9.26 Å². The topological polar surface area (TPSA) is 39.2 Å². The van der Waals surface area contributed by atoms with Crippen LogP contribution in [0, 0.1) is 9.52 Å². The third-order valence-corrected chi connectivity index (χ3v) is 2.58. The normalized spacial score (nSPS) is 10.6. The van der Waals surface area contributed by atoms with Crippen LogP contribution in [0.1, 0.15) is 29.3 Å². The second-order valence-electron chi connectivity index (χ2n) is 2.71. The minimum Gasteiger partial charge on any atom is -0.462 e. The lowest BCUT2D eigenvalue weighted by atomic mass is 10.2. The van der Waals surface area contributed by atoms with E-state index in [0.29, 0.717) is 0 Å². The highest BCUT2D eigenvalue weighted by atomic mass is 127. The summed E-state index contributed by atoms with van der Waals surface area (Å²) in [7, 11) is 0. The van der Waals surface area contributed by atoms with Crippen molar-refractivity contribution in [3.63, 3.8) is 0 Å². The van der Waals surface area contributed by atoms with Crippen LogP contribution in [-0.2, 0) is 4.74 Å². The Bertz CT molecular complexity index is 412. The number of esters is 1. The molecule has 0 unspecified atom stereocenters. The molecule has 0 bridgehead atoms. The van der Waals surface area contributed by atoms with Crippen LogP contribution in [0.15, 0.2) is 6.20 Å². The maximum absolute atomic E-state index is 13.5. The van der Waals surface area contributed by atoms with Crippen molar-refractivity contribution in [1.29, 1.82) is 0 Å². The Hall–Kier alpha value is -0.860. The summed E-state index contributed by atoms with van der Waals surface area (Å²) in [5.74, 6) is -2.27. The highest BCUT2D eigenvalue weighted by Gasteiger charge is 2.24. The molecule has 88 valence electrons. The second-order valence-corrected chi connectivity index (χ2v) is 3.73. The number of carbonyl (C=O) groups excluding carboxylic acids is 1. The highest BCUT2D eigenvalue weighted by Crippen LogP contribution is 2.27. The van der Waals surface area contributed by atoms with E-state index in [4.69, 9.17) is 0 Å². The molecule has 0 N–H and O–H groups in total. The van der Waals surface area contributed by atoms with E-state index in [-0.39, 0.29) is 10.3 Å². The van der Waals surface area contributed by atoms with Gasteiger partial charge >= 0.3 is 5.97 Å². The fraction of sp³-hybridized carbons (Fsp3) is 0.333. The SMILES string of the molecule is CCOC(=O)c1cnc(I)c(C(F)F)c1F. The Morgan fingerprint density at radius 2 is 2.25 bits per heavy atom. The van der Waals surface area contributed by atoms with Gasteiger partial charge in [0.15, 0.2) is 5.82 Å². The van der Waals surface area contributed by atoms with Gasteiger partial charge in [-0.2, -0.15) is 0 Å². The Morgan fingerprint density at radius 1 is 1.62 bits per heavy atom. The summed E-state index contributed by atoms with van der Waals surface area (Å²) in [5.41, 5.74) is -1.44. The predicted octanol–water partition coefficient (Wildman–Crippen LogP) is 2.94. The Balaban J connectivity index is 3.23. The number of aromatic nitrogens is 1. The van der Waals surface area contributed by atoms with Gasteiger partial charge in [0.05, 0.1) is 12.2 Å². The van der Waals surface area contributed by atoms with Gasteiger partial charge in [-0.3, -0.25) is 0 Å². The van der Waals surface area contributed by atoms with Crippen molar-refractivity contribution < 1.29 is 22.7 Å². The molecule has 0 radical (unpaired) electrons. The van der Waals surface area contributed by atoms with Gasteiger partial charge < -0.3 is 4.74 Å². The van der Waals surface area contributed by atoms with Crippen LogP contribution in [0.5, 0.6) is 0 Å². The molecular formula is C9H7F3INO2. The number of pyridine rings is 1. The molecule has 0 saturated heterocycles. The number of halogens is 4. The minimum atomic E-state index is -3.02. The second kappa shape index (κ2) is 5.46. The number of nitrogens with zero attached hydrogens (tertiary/aromatic N) is 1. The molecule has 1 heterocycles. The van der Waals surface area contributed by atoms with Gasteiger partial charge in [-0.25, -0.2) is 22.9 Å². The molecule has 0 fully saturated rings. The van der Waals surface area contributed by atoms with Crippen molar-refractivity contribution in [3.05, 3.63) is 26.8 Å². The first-order valence-corrected chi connectivity index (χ1v) is 5.36. The lowest BCUT2D eigenvalue weighted by Gasteiger charge is -2.08. The van der Waals surface area contributed by atoms with Gasteiger partial charge in [-0.05, 0) is 29.5 Å². The average Bonchev–Trinajstić information content (AvgIpc) is 2.17. The molecular weight excluding hydrogens is 338 g/mol. The summed E-state index contributed by atoms with van der Waals surface area (Å²) < 4.78 is 42.8. The smallest absolute Gasteiger partial charge is 0.342 e. The summed E-state index contributed by atoms with van der Waals surface area (Å²) >= 11 is 1.48. The molecule has 0 amide bonds. The van der Waals surface area contributed by atoms with Crippen LogP contribution in [-0.4, -0.2) is 17.6 Å². The average molecular weight is 345 g/mol. The van der Waals surface area contributed by atoms with Crippen molar-refractivity contribution in [2.75, 3.05) is 6.61 Å². The van der Waals surface area contributed by atoms with Gasteiger partial charge in [-0.15, -0.1) is 0 Å². The number of carbonyl (C=O) groups is 1. The lowest BCUT2D eigenvalue weighted by Crippen LogP contribution is -2.11. The van der Waals surface area contributed by atoms with Gasteiger partial charge in [0, 0.05) is 6.20 Å². The molecule has 0 aliphatic heterocycles. The zero-order chi connectivity index (χ0) is 12.3. The number of hydrogen-bond donors (Lipinski definition) is 0. The van der Waals surface area contributed by atoms with Gasteiger partial charge in [-0.1, -0.05) is 0 Å². The van der Waals surface area contributed by atoms with E-state index < -0.39 is 29.3 Å². The molecule has 0 spiro atoms. The molecule has 1 aromatic heterocycles. The third kappa shape index (κ3) is 2.63. The molecule has 1 aromatic rings. The molecule has 7 heteroatoms. The van der Waals surface area contributed by atoms with Crippen LogP contribution in [0.3, 0.4) is 0 Å².